The largest absolute Gasteiger partial charge is 0.306 e. The first-order valence-electron chi connectivity index (χ1n) is 5.36. The standard InChI is InChI=1S/C10H22N2O/c1-4-12(5-2)13-10-6-8-11(3)9-7-10/h10H,4-9H2,1-3H3. The van der Waals surface area contributed by atoms with Crippen LogP contribution in [0.4, 0.5) is 0 Å². The van der Waals surface area contributed by atoms with E-state index in [1.54, 1.807) is 0 Å². The molecule has 0 atom stereocenters. The Morgan fingerprint density at radius 3 is 2.23 bits per heavy atom. The lowest BCUT2D eigenvalue weighted by Crippen LogP contribution is -2.38. The SMILES string of the molecule is CCN(CC)OC1CCN(C)CC1. The fourth-order valence-corrected chi connectivity index (χ4v) is 1.67. The molecule has 1 aliphatic rings. The summed E-state index contributed by atoms with van der Waals surface area (Å²) in [6, 6.07) is 0. The molecule has 0 aromatic rings. The fraction of sp³-hybridized carbons (Fsp3) is 1.00. The molecule has 0 amide bonds. The maximum Gasteiger partial charge on any atom is 0.0817 e. The normalized spacial score (nSPS) is 21.2. The van der Waals surface area contributed by atoms with E-state index in [1.165, 1.54) is 25.9 Å². The molecule has 0 bridgehead atoms. The Morgan fingerprint density at radius 1 is 1.23 bits per heavy atom. The molecule has 0 spiro atoms. The molecule has 1 rings (SSSR count). The van der Waals surface area contributed by atoms with Gasteiger partial charge in [0.2, 0.25) is 0 Å². The smallest absolute Gasteiger partial charge is 0.0817 e. The monoisotopic (exact) mass is 186 g/mol. The van der Waals surface area contributed by atoms with Crippen LogP contribution >= 0.6 is 0 Å². The maximum atomic E-state index is 5.84. The zero-order valence-corrected chi connectivity index (χ0v) is 9.12. The number of piperidine rings is 1. The number of hydroxylamine groups is 2. The Hall–Kier alpha value is -0.120. The Balaban J connectivity index is 2.21. The minimum absolute atomic E-state index is 0.455. The first kappa shape index (κ1) is 11.0. The second kappa shape index (κ2) is 5.58. The molecule has 3 nitrogen and oxygen atoms in total. The highest BCUT2D eigenvalue weighted by Crippen LogP contribution is 2.13. The van der Waals surface area contributed by atoms with Crippen LogP contribution in [0.3, 0.4) is 0 Å². The number of nitrogens with zero attached hydrogens (tertiary/aromatic N) is 2. The van der Waals surface area contributed by atoms with Gasteiger partial charge in [-0.2, -0.15) is 5.06 Å². The van der Waals surface area contributed by atoms with Crippen molar-refractivity contribution >= 4 is 0 Å². The predicted molar refractivity (Wildman–Crippen MR) is 54.5 cm³/mol. The molecule has 78 valence electrons. The van der Waals surface area contributed by atoms with E-state index in [0.717, 1.165) is 13.1 Å². The van der Waals surface area contributed by atoms with E-state index < -0.39 is 0 Å². The van der Waals surface area contributed by atoms with Gasteiger partial charge in [0, 0.05) is 26.2 Å². The third-order valence-electron chi connectivity index (χ3n) is 2.67. The molecular formula is C10H22N2O. The lowest BCUT2D eigenvalue weighted by atomic mass is 10.1. The van der Waals surface area contributed by atoms with Crippen molar-refractivity contribution in [1.82, 2.24) is 9.96 Å². The van der Waals surface area contributed by atoms with E-state index >= 15 is 0 Å². The first-order chi connectivity index (χ1) is 6.26. The van der Waals surface area contributed by atoms with Crippen molar-refractivity contribution in [2.45, 2.75) is 32.8 Å². The van der Waals surface area contributed by atoms with Crippen molar-refractivity contribution in [2.24, 2.45) is 0 Å². The Morgan fingerprint density at radius 2 is 1.77 bits per heavy atom. The second-order valence-corrected chi connectivity index (χ2v) is 3.72. The summed E-state index contributed by atoms with van der Waals surface area (Å²) in [5.74, 6) is 0. The van der Waals surface area contributed by atoms with Crippen molar-refractivity contribution in [3.05, 3.63) is 0 Å². The number of likely N-dealkylation sites (tertiary alicyclic amines) is 1. The van der Waals surface area contributed by atoms with Gasteiger partial charge in [-0.15, -0.1) is 0 Å². The summed E-state index contributed by atoms with van der Waals surface area (Å²) in [5.41, 5.74) is 0. The summed E-state index contributed by atoms with van der Waals surface area (Å²) in [6.45, 7) is 8.60. The van der Waals surface area contributed by atoms with Crippen LogP contribution in [0.25, 0.3) is 0 Å². The summed E-state index contributed by atoms with van der Waals surface area (Å²) in [4.78, 5) is 8.21. The molecule has 1 heterocycles. The molecule has 0 aromatic heterocycles. The van der Waals surface area contributed by atoms with Crippen molar-refractivity contribution in [1.29, 1.82) is 0 Å². The highest BCUT2D eigenvalue weighted by molar-refractivity contribution is 4.69. The molecule has 13 heavy (non-hydrogen) atoms. The zero-order chi connectivity index (χ0) is 9.68. The molecule has 3 heteroatoms. The second-order valence-electron chi connectivity index (χ2n) is 3.72. The lowest BCUT2D eigenvalue weighted by molar-refractivity contribution is -0.202. The summed E-state index contributed by atoms with van der Waals surface area (Å²) in [7, 11) is 2.17. The van der Waals surface area contributed by atoms with Crippen molar-refractivity contribution in [2.75, 3.05) is 33.2 Å². The highest BCUT2D eigenvalue weighted by Gasteiger charge is 2.18. The van der Waals surface area contributed by atoms with E-state index in [0.29, 0.717) is 6.10 Å². The van der Waals surface area contributed by atoms with Crippen molar-refractivity contribution < 1.29 is 4.84 Å². The molecule has 0 radical (unpaired) electrons. The van der Waals surface area contributed by atoms with Crippen LogP contribution in [0.15, 0.2) is 0 Å². The predicted octanol–water partition coefficient (Wildman–Crippen LogP) is 1.35. The van der Waals surface area contributed by atoms with Crippen LogP contribution in [0.1, 0.15) is 26.7 Å². The summed E-state index contributed by atoms with van der Waals surface area (Å²) in [5, 5.41) is 2.05. The third-order valence-corrected chi connectivity index (χ3v) is 2.67. The summed E-state index contributed by atoms with van der Waals surface area (Å²) >= 11 is 0. The fourth-order valence-electron chi connectivity index (χ4n) is 1.67. The van der Waals surface area contributed by atoms with E-state index in [2.05, 4.69) is 30.9 Å². The van der Waals surface area contributed by atoms with Crippen molar-refractivity contribution in [3.8, 4) is 0 Å². The van der Waals surface area contributed by atoms with Gasteiger partial charge >= 0.3 is 0 Å². The van der Waals surface area contributed by atoms with Gasteiger partial charge in [-0.1, -0.05) is 13.8 Å². The van der Waals surface area contributed by atoms with Gasteiger partial charge < -0.3 is 4.90 Å². The molecular weight excluding hydrogens is 164 g/mol. The maximum absolute atomic E-state index is 5.84. The minimum Gasteiger partial charge on any atom is -0.306 e. The quantitative estimate of drug-likeness (QED) is 0.616. The molecule has 0 saturated carbocycles. The van der Waals surface area contributed by atoms with Gasteiger partial charge in [0.1, 0.15) is 0 Å². The van der Waals surface area contributed by atoms with E-state index in [-0.39, 0.29) is 0 Å². The van der Waals surface area contributed by atoms with Gasteiger partial charge in [-0.3, -0.25) is 4.84 Å². The van der Waals surface area contributed by atoms with E-state index in [9.17, 15) is 0 Å². The van der Waals surface area contributed by atoms with Crippen LogP contribution in [0.2, 0.25) is 0 Å². The van der Waals surface area contributed by atoms with Crippen molar-refractivity contribution in [3.63, 3.8) is 0 Å². The molecule has 1 aliphatic heterocycles. The molecule has 0 aliphatic carbocycles. The average molecular weight is 186 g/mol. The van der Waals surface area contributed by atoms with Crippen LogP contribution in [-0.4, -0.2) is 49.3 Å². The van der Waals surface area contributed by atoms with Crippen LogP contribution in [0, 0.1) is 0 Å². The van der Waals surface area contributed by atoms with E-state index in [4.69, 9.17) is 4.84 Å². The summed E-state index contributed by atoms with van der Waals surface area (Å²) < 4.78 is 0. The van der Waals surface area contributed by atoms with E-state index in [1.807, 2.05) is 0 Å². The van der Waals surface area contributed by atoms with Crippen LogP contribution in [0.5, 0.6) is 0 Å². The highest BCUT2D eigenvalue weighted by atomic mass is 16.7. The van der Waals surface area contributed by atoms with Gasteiger partial charge in [0.15, 0.2) is 0 Å². The molecule has 0 aromatic carbocycles. The number of rotatable bonds is 4. The molecule has 1 saturated heterocycles. The van der Waals surface area contributed by atoms with Gasteiger partial charge in [-0.25, -0.2) is 0 Å². The number of hydrogen-bond donors (Lipinski definition) is 0. The average Bonchev–Trinajstić information content (AvgIpc) is 2.17. The lowest BCUT2D eigenvalue weighted by Gasteiger charge is -2.32. The summed E-state index contributed by atoms with van der Waals surface area (Å²) in [6.07, 6.45) is 2.80. The van der Waals surface area contributed by atoms with Crippen LogP contribution in [-0.2, 0) is 4.84 Å². The van der Waals surface area contributed by atoms with Gasteiger partial charge in [-0.05, 0) is 19.9 Å². The molecule has 0 unspecified atom stereocenters. The van der Waals surface area contributed by atoms with Crippen LogP contribution < -0.4 is 0 Å². The van der Waals surface area contributed by atoms with Gasteiger partial charge in [0.05, 0.1) is 6.10 Å². The first-order valence-corrected chi connectivity index (χ1v) is 5.36. The Bertz CT molecular complexity index is 129. The Kier molecular flexibility index (Phi) is 4.70. The molecule has 0 N–H and O–H groups in total. The minimum atomic E-state index is 0.455. The van der Waals surface area contributed by atoms with Gasteiger partial charge in [0.25, 0.3) is 0 Å². The zero-order valence-electron chi connectivity index (χ0n) is 9.12. The molecule has 1 fully saturated rings. The Labute approximate surface area is 81.6 Å². The topological polar surface area (TPSA) is 15.7 Å². The number of hydrogen-bond acceptors (Lipinski definition) is 3. The third kappa shape index (κ3) is 3.63.